The number of hydrogen-bond acceptors (Lipinski definition) is 13. The van der Waals surface area contributed by atoms with Crippen LogP contribution in [0.15, 0.2) is 48.7 Å². The molecule has 5 rings (SSSR count). The van der Waals surface area contributed by atoms with Gasteiger partial charge in [-0.05, 0) is 72.0 Å². The van der Waals surface area contributed by atoms with Crippen LogP contribution in [0.25, 0.3) is 22.6 Å². The molecule has 0 aliphatic carbocycles. The van der Waals surface area contributed by atoms with Gasteiger partial charge in [0.1, 0.15) is 6.04 Å². The minimum absolute atomic E-state index is 0.0249. The average Bonchev–Trinajstić information content (AvgIpc) is 3.56. The molecule has 0 spiro atoms. The van der Waals surface area contributed by atoms with E-state index in [1.807, 2.05) is 0 Å². The second kappa shape index (κ2) is 13.4. The summed E-state index contributed by atoms with van der Waals surface area (Å²) in [6.45, 7) is 0.168. The van der Waals surface area contributed by atoms with Gasteiger partial charge >= 0.3 is 5.97 Å². The van der Waals surface area contributed by atoms with Gasteiger partial charge in [0.25, 0.3) is 11.8 Å². The molecule has 2 aromatic carbocycles. The highest BCUT2D eigenvalue weighted by Crippen LogP contribution is 2.22. The van der Waals surface area contributed by atoms with Crippen molar-refractivity contribution in [1.29, 1.82) is 0 Å². The highest BCUT2D eigenvalue weighted by Gasteiger charge is 2.21. The number of aryl methyl sites for hydroxylation is 2. The van der Waals surface area contributed by atoms with Crippen LogP contribution in [0, 0.1) is 0 Å². The van der Waals surface area contributed by atoms with Crippen molar-refractivity contribution >= 4 is 46.4 Å². The maximum atomic E-state index is 12.8. The highest BCUT2D eigenvalue weighted by atomic mass is 16.4. The topological polar surface area (TPSA) is 280 Å². The van der Waals surface area contributed by atoms with E-state index in [0.717, 1.165) is 5.56 Å². The summed E-state index contributed by atoms with van der Waals surface area (Å²) >= 11 is 0. The average molecular weight is 612 g/mol. The number of aromatic amines is 1. The molecule has 0 aliphatic heterocycles. The third kappa shape index (κ3) is 7.39. The highest BCUT2D eigenvalue weighted by molar-refractivity contribution is 6.00. The number of H-pyrrole nitrogens is 1. The molecule has 2 amide bonds. The van der Waals surface area contributed by atoms with Crippen LogP contribution < -0.4 is 27.8 Å². The Kier molecular flexibility index (Phi) is 8.97. The van der Waals surface area contributed by atoms with E-state index in [1.54, 1.807) is 48.7 Å². The number of aliphatic carboxylic acids is 1. The molecule has 0 radical (unpaired) electrons. The molecule has 0 saturated carbocycles. The van der Waals surface area contributed by atoms with E-state index < -0.39 is 23.8 Å². The third-order valence-corrected chi connectivity index (χ3v) is 6.83. The van der Waals surface area contributed by atoms with Crippen molar-refractivity contribution in [3.8, 4) is 11.4 Å². The number of fused-ring (bicyclic) bond motifs is 1. The van der Waals surface area contributed by atoms with E-state index in [-0.39, 0.29) is 30.6 Å². The number of carboxylic acid groups (broad SMARTS) is 1. The van der Waals surface area contributed by atoms with Gasteiger partial charge in [0.05, 0.1) is 17.5 Å². The molecule has 17 heteroatoms. The van der Waals surface area contributed by atoms with Crippen LogP contribution in [0.1, 0.15) is 44.8 Å². The number of nitrogen functional groups attached to an aromatic ring is 3. The van der Waals surface area contributed by atoms with Crippen molar-refractivity contribution < 1.29 is 19.5 Å². The molecule has 1 unspecified atom stereocenters. The number of carbonyl (C=O) groups excluding carboxylic acids is 2. The Labute approximate surface area is 255 Å². The predicted octanol–water partition coefficient (Wildman–Crippen LogP) is 0.525. The van der Waals surface area contributed by atoms with Crippen molar-refractivity contribution in [1.82, 2.24) is 51.2 Å². The number of nitrogens with zero attached hydrogens (tertiary/aromatic N) is 7. The van der Waals surface area contributed by atoms with Crippen LogP contribution in [0.3, 0.4) is 0 Å². The zero-order valence-corrected chi connectivity index (χ0v) is 23.8. The summed E-state index contributed by atoms with van der Waals surface area (Å²) in [4.78, 5) is 54.1. The lowest BCUT2D eigenvalue weighted by Crippen LogP contribution is -2.41. The molecule has 3 heterocycles. The first-order valence-electron chi connectivity index (χ1n) is 13.8. The fraction of sp³-hybridized carbons (Fsp3) is 0.214. The summed E-state index contributed by atoms with van der Waals surface area (Å²) in [7, 11) is 0. The Morgan fingerprint density at radius 1 is 0.956 bits per heavy atom. The normalized spacial score (nSPS) is 11.6. The van der Waals surface area contributed by atoms with E-state index in [9.17, 15) is 19.5 Å². The number of aromatic nitrogens is 8. The number of anilines is 3. The first-order chi connectivity index (χ1) is 21.7. The van der Waals surface area contributed by atoms with E-state index in [0.29, 0.717) is 58.5 Å². The molecular formula is C28H29N13O4. The first kappa shape index (κ1) is 30.2. The van der Waals surface area contributed by atoms with Gasteiger partial charge in [0.15, 0.2) is 22.8 Å². The molecule has 1 atom stereocenters. The van der Waals surface area contributed by atoms with Crippen LogP contribution in [0.5, 0.6) is 0 Å². The van der Waals surface area contributed by atoms with E-state index >= 15 is 0 Å². The summed E-state index contributed by atoms with van der Waals surface area (Å²) < 4.78 is 0. The second-order valence-corrected chi connectivity index (χ2v) is 10.0. The maximum Gasteiger partial charge on any atom is 0.326 e. The van der Waals surface area contributed by atoms with Crippen molar-refractivity contribution in [3.63, 3.8) is 0 Å². The lowest BCUT2D eigenvalue weighted by atomic mass is 10.0. The van der Waals surface area contributed by atoms with Crippen LogP contribution in [0.4, 0.5) is 17.5 Å². The summed E-state index contributed by atoms with van der Waals surface area (Å²) in [6, 6.07) is 10.4. The standard InChI is InChI=1S/C28H29N13O4/c29-16-8-10-18(19(12-16)23-38-40-41-39-23)26(43)32-11-1-2-20(27(44)45)35-25(42)15-6-3-14(4-7-15)5-9-17-13-33-24-21(34-17)22(30)36-28(31)37-24/h3-4,6-8,10,12-13,20H,1-2,5,9,11,29H2,(H,32,43)(H,35,42)(H,44,45)(H,38,39,40,41)(H4,30,31,33,36,37). The van der Waals surface area contributed by atoms with Gasteiger partial charge in [0.2, 0.25) is 5.95 Å². The summed E-state index contributed by atoms with van der Waals surface area (Å²) in [5.41, 5.74) is 21.1. The number of nitrogens with two attached hydrogens (primary N) is 3. The second-order valence-electron chi connectivity index (χ2n) is 10.0. The van der Waals surface area contributed by atoms with E-state index in [4.69, 9.17) is 17.2 Å². The number of nitrogens with one attached hydrogen (secondary N) is 3. The van der Waals surface area contributed by atoms with E-state index in [2.05, 4.69) is 51.2 Å². The number of carboxylic acids is 1. The Balaban J connectivity index is 1.11. The lowest BCUT2D eigenvalue weighted by molar-refractivity contribution is -0.139. The minimum atomic E-state index is -1.19. The fourth-order valence-corrected chi connectivity index (χ4v) is 4.53. The van der Waals surface area contributed by atoms with Crippen molar-refractivity contribution in [2.75, 3.05) is 23.7 Å². The largest absolute Gasteiger partial charge is 0.480 e. The molecule has 45 heavy (non-hydrogen) atoms. The van der Waals surface area contributed by atoms with Gasteiger partial charge in [-0.2, -0.15) is 9.97 Å². The molecular weight excluding hydrogens is 582 g/mol. The van der Waals surface area contributed by atoms with Crippen LogP contribution in [-0.2, 0) is 17.6 Å². The number of benzene rings is 2. The molecule has 5 aromatic rings. The molecule has 230 valence electrons. The molecule has 0 aliphatic rings. The Morgan fingerprint density at radius 2 is 1.76 bits per heavy atom. The van der Waals surface area contributed by atoms with Gasteiger partial charge in [-0.15, -0.1) is 5.10 Å². The van der Waals surface area contributed by atoms with Crippen LogP contribution >= 0.6 is 0 Å². The van der Waals surface area contributed by atoms with Crippen molar-refractivity contribution in [2.24, 2.45) is 0 Å². The molecule has 0 bridgehead atoms. The molecule has 0 fully saturated rings. The lowest BCUT2D eigenvalue weighted by Gasteiger charge is -2.15. The Bertz CT molecular complexity index is 1850. The number of rotatable bonds is 12. The number of hydrogen-bond donors (Lipinski definition) is 7. The first-order valence-corrected chi connectivity index (χ1v) is 13.8. The SMILES string of the molecule is Nc1ccc(C(=O)NCCCC(NC(=O)c2ccc(CCc3cnc4nc(N)nc(N)c4n3)cc2)C(=O)O)c(-c2nnn[nH]2)c1. The molecule has 0 saturated heterocycles. The maximum absolute atomic E-state index is 12.8. The third-order valence-electron chi connectivity index (χ3n) is 6.83. The van der Waals surface area contributed by atoms with Gasteiger partial charge in [-0.3, -0.25) is 9.59 Å². The van der Waals surface area contributed by atoms with Gasteiger partial charge < -0.3 is 32.9 Å². The number of carbonyl (C=O) groups is 3. The number of amides is 2. The van der Waals surface area contributed by atoms with E-state index in [1.165, 1.54) is 0 Å². The molecule has 17 nitrogen and oxygen atoms in total. The van der Waals surface area contributed by atoms with Gasteiger partial charge in [-0.25, -0.2) is 19.9 Å². The summed E-state index contributed by atoms with van der Waals surface area (Å²) in [6.07, 6.45) is 3.13. The zero-order chi connectivity index (χ0) is 31.9. The fourth-order valence-electron chi connectivity index (χ4n) is 4.53. The number of tetrazole rings is 1. The van der Waals surface area contributed by atoms with Crippen molar-refractivity contribution in [3.05, 3.63) is 71.0 Å². The van der Waals surface area contributed by atoms with Crippen LogP contribution in [0.2, 0.25) is 0 Å². The minimum Gasteiger partial charge on any atom is -0.480 e. The molecule has 3 aromatic heterocycles. The van der Waals surface area contributed by atoms with Gasteiger partial charge in [-0.1, -0.05) is 12.1 Å². The summed E-state index contributed by atoms with van der Waals surface area (Å²) in [5.74, 6) is -1.66. The smallest absolute Gasteiger partial charge is 0.326 e. The van der Waals surface area contributed by atoms with Crippen molar-refractivity contribution in [2.45, 2.75) is 31.7 Å². The summed E-state index contributed by atoms with van der Waals surface area (Å²) in [5, 5.41) is 28.4. The Hall–Kier alpha value is -6.26. The van der Waals surface area contributed by atoms with Gasteiger partial charge in [0, 0.05) is 23.4 Å². The predicted molar refractivity (Wildman–Crippen MR) is 162 cm³/mol. The Morgan fingerprint density at radius 3 is 2.49 bits per heavy atom. The zero-order valence-electron chi connectivity index (χ0n) is 23.8. The monoisotopic (exact) mass is 611 g/mol. The quantitative estimate of drug-likeness (QED) is 0.0748. The molecule has 10 N–H and O–H groups in total. The van der Waals surface area contributed by atoms with Crippen LogP contribution in [-0.4, -0.2) is 76.0 Å².